The number of rotatable bonds is 6. The highest BCUT2D eigenvalue weighted by Crippen LogP contribution is 2.20. The summed E-state index contributed by atoms with van der Waals surface area (Å²) in [5.41, 5.74) is 1.97. The molecule has 1 heterocycles. The predicted octanol–water partition coefficient (Wildman–Crippen LogP) is 2.65. The summed E-state index contributed by atoms with van der Waals surface area (Å²) >= 11 is 0. The molecule has 0 saturated carbocycles. The number of aromatic nitrogens is 2. The van der Waals surface area contributed by atoms with E-state index in [4.69, 9.17) is 4.74 Å². The van der Waals surface area contributed by atoms with E-state index in [-0.39, 0.29) is 0 Å². The SMILES string of the molecule is CCNCc1ccnc(-c2cccc(OCC)c2)n1. The maximum absolute atomic E-state index is 5.50. The molecule has 1 aromatic heterocycles. The molecule has 0 bridgehead atoms. The topological polar surface area (TPSA) is 47.0 Å². The molecule has 2 aromatic rings. The Labute approximate surface area is 113 Å². The highest BCUT2D eigenvalue weighted by atomic mass is 16.5. The number of benzene rings is 1. The van der Waals surface area contributed by atoms with Gasteiger partial charge in [-0.3, -0.25) is 0 Å². The molecule has 19 heavy (non-hydrogen) atoms. The van der Waals surface area contributed by atoms with Crippen molar-refractivity contribution in [3.05, 3.63) is 42.2 Å². The van der Waals surface area contributed by atoms with Crippen molar-refractivity contribution in [2.75, 3.05) is 13.2 Å². The van der Waals surface area contributed by atoms with Crippen LogP contribution in [0.15, 0.2) is 36.5 Å². The van der Waals surface area contributed by atoms with E-state index < -0.39 is 0 Å². The minimum atomic E-state index is 0.658. The van der Waals surface area contributed by atoms with E-state index >= 15 is 0 Å². The molecule has 0 spiro atoms. The number of ether oxygens (including phenoxy) is 1. The van der Waals surface area contributed by atoms with Gasteiger partial charge in [-0.25, -0.2) is 9.97 Å². The summed E-state index contributed by atoms with van der Waals surface area (Å²) < 4.78 is 5.50. The molecular weight excluding hydrogens is 238 g/mol. The summed E-state index contributed by atoms with van der Waals surface area (Å²) in [6, 6.07) is 9.79. The van der Waals surface area contributed by atoms with E-state index in [9.17, 15) is 0 Å². The van der Waals surface area contributed by atoms with Gasteiger partial charge in [0.2, 0.25) is 0 Å². The van der Waals surface area contributed by atoms with Crippen molar-refractivity contribution in [3.63, 3.8) is 0 Å². The van der Waals surface area contributed by atoms with Crippen molar-refractivity contribution < 1.29 is 4.74 Å². The fourth-order valence-corrected chi connectivity index (χ4v) is 1.78. The van der Waals surface area contributed by atoms with Gasteiger partial charge in [0, 0.05) is 18.3 Å². The van der Waals surface area contributed by atoms with Gasteiger partial charge >= 0.3 is 0 Å². The van der Waals surface area contributed by atoms with Crippen molar-refractivity contribution in [2.45, 2.75) is 20.4 Å². The van der Waals surface area contributed by atoms with Gasteiger partial charge in [-0.05, 0) is 31.7 Å². The second-order valence-corrected chi connectivity index (χ2v) is 4.11. The fraction of sp³-hybridized carbons (Fsp3) is 0.333. The van der Waals surface area contributed by atoms with Gasteiger partial charge in [0.1, 0.15) is 5.75 Å². The maximum atomic E-state index is 5.50. The summed E-state index contributed by atoms with van der Waals surface area (Å²) in [5.74, 6) is 1.58. The first kappa shape index (κ1) is 13.5. The van der Waals surface area contributed by atoms with Crippen LogP contribution in [0.1, 0.15) is 19.5 Å². The standard InChI is InChI=1S/C15H19N3O/c1-3-16-11-13-8-9-17-15(18-13)12-6-5-7-14(10-12)19-4-2/h5-10,16H,3-4,11H2,1-2H3. The molecule has 0 saturated heterocycles. The van der Waals surface area contributed by atoms with Gasteiger partial charge in [0.25, 0.3) is 0 Å². The molecule has 4 heteroatoms. The zero-order valence-electron chi connectivity index (χ0n) is 11.4. The van der Waals surface area contributed by atoms with E-state index in [1.807, 2.05) is 37.3 Å². The lowest BCUT2D eigenvalue weighted by Crippen LogP contribution is -2.13. The van der Waals surface area contributed by atoms with Gasteiger partial charge in [-0.2, -0.15) is 0 Å². The summed E-state index contributed by atoms with van der Waals surface area (Å²) in [5, 5.41) is 3.26. The minimum Gasteiger partial charge on any atom is -0.494 e. The van der Waals surface area contributed by atoms with E-state index in [1.54, 1.807) is 6.20 Å². The third-order valence-electron chi connectivity index (χ3n) is 2.67. The Morgan fingerprint density at radius 1 is 1.21 bits per heavy atom. The molecule has 4 nitrogen and oxygen atoms in total. The molecule has 0 aliphatic carbocycles. The van der Waals surface area contributed by atoms with Crippen LogP contribution in [0.4, 0.5) is 0 Å². The lowest BCUT2D eigenvalue weighted by molar-refractivity contribution is 0.340. The van der Waals surface area contributed by atoms with Crippen LogP contribution < -0.4 is 10.1 Å². The van der Waals surface area contributed by atoms with Gasteiger partial charge in [0.15, 0.2) is 5.82 Å². The largest absolute Gasteiger partial charge is 0.494 e. The van der Waals surface area contributed by atoms with Crippen LogP contribution in [-0.2, 0) is 6.54 Å². The van der Waals surface area contributed by atoms with Crippen LogP contribution in [0.3, 0.4) is 0 Å². The zero-order valence-corrected chi connectivity index (χ0v) is 11.4. The highest BCUT2D eigenvalue weighted by Gasteiger charge is 2.04. The number of hydrogen-bond donors (Lipinski definition) is 1. The smallest absolute Gasteiger partial charge is 0.159 e. The van der Waals surface area contributed by atoms with Crippen molar-refractivity contribution in [3.8, 4) is 17.1 Å². The molecule has 0 fully saturated rings. The average molecular weight is 257 g/mol. The van der Waals surface area contributed by atoms with Crippen molar-refractivity contribution in [2.24, 2.45) is 0 Å². The summed E-state index contributed by atoms with van der Waals surface area (Å²) in [4.78, 5) is 8.88. The Kier molecular flexibility index (Phi) is 4.86. The van der Waals surface area contributed by atoms with Crippen LogP contribution in [0.25, 0.3) is 11.4 Å². The van der Waals surface area contributed by atoms with Crippen LogP contribution in [0, 0.1) is 0 Å². The first-order valence-electron chi connectivity index (χ1n) is 6.59. The highest BCUT2D eigenvalue weighted by molar-refractivity contribution is 5.57. The number of nitrogens with zero attached hydrogens (tertiary/aromatic N) is 2. The molecule has 100 valence electrons. The maximum Gasteiger partial charge on any atom is 0.159 e. The molecule has 0 amide bonds. The molecule has 0 unspecified atom stereocenters. The molecule has 1 N–H and O–H groups in total. The van der Waals surface area contributed by atoms with Crippen molar-refractivity contribution >= 4 is 0 Å². The first-order chi connectivity index (χ1) is 9.33. The Morgan fingerprint density at radius 3 is 2.89 bits per heavy atom. The van der Waals surface area contributed by atoms with E-state index in [0.29, 0.717) is 6.61 Å². The molecule has 0 aliphatic rings. The van der Waals surface area contributed by atoms with Gasteiger partial charge in [-0.1, -0.05) is 19.1 Å². The van der Waals surface area contributed by atoms with E-state index in [2.05, 4.69) is 22.2 Å². The summed E-state index contributed by atoms with van der Waals surface area (Å²) in [6.45, 7) is 6.40. The van der Waals surface area contributed by atoms with E-state index in [1.165, 1.54) is 0 Å². The van der Waals surface area contributed by atoms with Gasteiger partial charge in [0.05, 0.1) is 12.3 Å². The van der Waals surface area contributed by atoms with Crippen LogP contribution in [0.2, 0.25) is 0 Å². The Hall–Kier alpha value is -1.94. The van der Waals surface area contributed by atoms with Gasteiger partial charge < -0.3 is 10.1 Å². The van der Waals surface area contributed by atoms with Crippen molar-refractivity contribution in [1.29, 1.82) is 0 Å². The predicted molar refractivity (Wildman–Crippen MR) is 76.0 cm³/mol. The average Bonchev–Trinajstić information content (AvgIpc) is 2.46. The molecular formula is C15H19N3O. The van der Waals surface area contributed by atoms with Crippen molar-refractivity contribution in [1.82, 2.24) is 15.3 Å². The van der Waals surface area contributed by atoms with Gasteiger partial charge in [-0.15, -0.1) is 0 Å². The van der Waals surface area contributed by atoms with E-state index in [0.717, 1.165) is 35.9 Å². The third kappa shape index (κ3) is 3.76. The lowest BCUT2D eigenvalue weighted by atomic mass is 10.2. The summed E-state index contributed by atoms with van der Waals surface area (Å²) in [7, 11) is 0. The molecule has 0 radical (unpaired) electrons. The molecule has 0 atom stereocenters. The Bertz CT molecular complexity index is 528. The second kappa shape index (κ2) is 6.85. The lowest BCUT2D eigenvalue weighted by Gasteiger charge is -2.07. The minimum absolute atomic E-state index is 0.658. The zero-order chi connectivity index (χ0) is 13.5. The van der Waals surface area contributed by atoms with Crippen LogP contribution in [0.5, 0.6) is 5.75 Å². The molecule has 2 rings (SSSR count). The molecule has 1 aromatic carbocycles. The van der Waals surface area contributed by atoms with Crippen LogP contribution >= 0.6 is 0 Å². The fourth-order valence-electron chi connectivity index (χ4n) is 1.78. The molecule has 0 aliphatic heterocycles. The first-order valence-corrected chi connectivity index (χ1v) is 6.59. The third-order valence-corrected chi connectivity index (χ3v) is 2.67. The Morgan fingerprint density at radius 2 is 2.11 bits per heavy atom. The van der Waals surface area contributed by atoms with Crippen LogP contribution in [-0.4, -0.2) is 23.1 Å². The second-order valence-electron chi connectivity index (χ2n) is 4.11. The summed E-state index contributed by atoms with van der Waals surface area (Å²) in [6.07, 6.45) is 1.79. The Balaban J connectivity index is 2.23. The number of nitrogens with one attached hydrogen (secondary N) is 1. The normalized spacial score (nSPS) is 10.4. The monoisotopic (exact) mass is 257 g/mol. The number of hydrogen-bond acceptors (Lipinski definition) is 4. The quantitative estimate of drug-likeness (QED) is 0.864.